The second kappa shape index (κ2) is 7.42. The molecule has 0 amide bonds. The molecule has 1 saturated carbocycles. The molecule has 0 spiro atoms. The van der Waals surface area contributed by atoms with E-state index in [1.165, 1.54) is 56.2 Å². The van der Waals surface area contributed by atoms with Gasteiger partial charge in [-0.3, -0.25) is 4.99 Å². The predicted molar refractivity (Wildman–Crippen MR) is 103 cm³/mol. The Balaban J connectivity index is 1.82. The Hall–Kier alpha value is -1.77. The zero-order chi connectivity index (χ0) is 17.0. The first-order valence-electron chi connectivity index (χ1n) is 9.44. The number of nitrogens with zero attached hydrogens (tertiary/aromatic N) is 1. The van der Waals surface area contributed by atoms with E-state index < -0.39 is 0 Å². The summed E-state index contributed by atoms with van der Waals surface area (Å²) in [6, 6.07) is 6.94. The van der Waals surface area contributed by atoms with Crippen molar-refractivity contribution in [2.45, 2.75) is 77.2 Å². The van der Waals surface area contributed by atoms with E-state index in [0.717, 1.165) is 11.4 Å². The molecule has 2 heterocycles. The minimum absolute atomic E-state index is 0.100. The molecule has 0 aromatic carbocycles. The third-order valence-electron chi connectivity index (χ3n) is 5.01. The summed E-state index contributed by atoms with van der Waals surface area (Å²) in [6.07, 6.45) is 13.3. The summed E-state index contributed by atoms with van der Waals surface area (Å²) in [5, 5.41) is 0. The van der Waals surface area contributed by atoms with Gasteiger partial charge in [-0.15, -0.1) is 0 Å². The average molecular weight is 325 g/mol. The van der Waals surface area contributed by atoms with Gasteiger partial charge >= 0.3 is 0 Å². The molecule has 1 aliphatic rings. The van der Waals surface area contributed by atoms with Gasteiger partial charge in [0.25, 0.3) is 0 Å². The summed E-state index contributed by atoms with van der Waals surface area (Å²) in [5.41, 5.74) is 4.89. The lowest BCUT2D eigenvalue weighted by Crippen LogP contribution is -2.11. The monoisotopic (exact) mass is 325 g/mol. The van der Waals surface area contributed by atoms with E-state index in [0.29, 0.717) is 6.04 Å². The first kappa shape index (κ1) is 17.1. The number of aliphatic imine (C=N–C) groups is 1. The first-order chi connectivity index (χ1) is 11.5. The van der Waals surface area contributed by atoms with Crippen molar-refractivity contribution < 1.29 is 0 Å². The zero-order valence-corrected chi connectivity index (χ0v) is 15.4. The Morgan fingerprint density at radius 1 is 1.08 bits per heavy atom. The van der Waals surface area contributed by atoms with Crippen LogP contribution in [0.25, 0.3) is 11.4 Å². The van der Waals surface area contributed by atoms with E-state index in [1.807, 2.05) is 12.3 Å². The van der Waals surface area contributed by atoms with Crippen molar-refractivity contribution in [2.24, 2.45) is 4.99 Å². The van der Waals surface area contributed by atoms with E-state index in [9.17, 15) is 0 Å². The van der Waals surface area contributed by atoms with Crippen LogP contribution in [0.4, 0.5) is 0 Å². The fourth-order valence-corrected chi connectivity index (χ4v) is 3.60. The van der Waals surface area contributed by atoms with E-state index >= 15 is 0 Å². The fourth-order valence-electron chi connectivity index (χ4n) is 3.60. The van der Waals surface area contributed by atoms with Gasteiger partial charge in [-0.2, -0.15) is 0 Å². The van der Waals surface area contributed by atoms with Gasteiger partial charge in [0.05, 0.1) is 23.1 Å². The van der Waals surface area contributed by atoms with Gasteiger partial charge in [0.2, 0.25) is 0 Å². The van der Waals surface area contributed by atoms with Crippen molar-refractivity contribution in [1.29, 1.82) is 0 Å². The third-order valence-corrected chi connectivity index (χ3v) is 5.01. The summed E-state index contributed by atoms with van der Waals surface area (Å²) in [5.74, 6) is 0. The van der Waals surface area contributed by atoms with Crippen molar-refractivity contribution in [3.8, 4) is 11.4 Å². The maximum Gasteiger partial charge on any atom is 0.0662 e. The topological polar surface area (TPSA) is 43.9 Å². The molecule has 0 bridgehead atoms. The van der Waals surface area contributed by atoms with Gasteiger partial charge in [0, 0.05) is 12.4 Å². The van der Waals surface area contributed by atoms with Gasteiger partial charge in [-0.1, -0.05) is 52.9 Å². The first-order valence-corrected chi connectivity index (χ1v) is 9.44. The molecule has 0 radical (unpaired) electrons. The molecule has 0 unspecified atom stereocenters. The minimum atomic E-state index is 0.100. The molecule has 2 aromatic rings. The van der Waals surface area contributed by atoms with Crippen LogP contribution < -0.4 is 0 Å². The van der Waals surface area contributed by atoms with Crippen LogP contribution in [0.5, 0.6) is 0 Å². The van der Waals surface area contributed by atoms with Crippen LogP contribution in [0, 0.1) is 0 Å². The molecular formula is C21H31N3. The Bertz CT molecular complexity index is 648. The Morgan fingerprint density at radius 3 is 2.42 bits per heavy atom. The molecule has 0 aliphatic heterocycles. The molecule has 2 aromatic heterocycles. The number of nitrogens with one attached hydrogen (secondary N) is 2. The van der Waals surface area contributed by atoms with Gasteiger partial charge in [-0.25, -0.2) is 0 Å². The van der Waals surface area contributed by atoms with E-state index in [-0.39, 0.29) is 5.41 Å². The third kappa shape index (κ3) is 4.19. The minimum Gasteiger partial charge on any atom is -0.360 e. The van der Waals surface area contributed by atoms with Gasteiger partial charge in [0.1, 0.15) is 0 Å². The molecular weight excluding hydrogens is 294 g/mol. The SMILES string of the molecule is CC(C)(C)c1cc(C=NC2CCCCCCC2)[nH]c1-c1ccc[nH]1. The maximum atomic E-state index is 4.91. The molecule has 2 N–H and O–H groups in total. The number of H-pyrrole nitrogens is 2. The van der Waals surface area contributed by atoms with Crippen LogP contribution in [0.2, 0.25) is 0 Å². The van der Waals surface area contributed by atoms with Crippen LogP contribution in [0.1, 0.15) is 77.0 Å². The molecule has 130 valence electrons. The van der Waals surface area contributed by atoms with Crippen molar-refractivity contribution in [1.82, 2.24) is 9.97 Å². The van der Waals surface area contributed by atoms with Crippen LogP contribution in [0.3, 0.4) is 0 Å². The van der Waals surface area contributed by atoms with E-state index in [2.05, 4.69) is 49.1 Å². The van der Waals surface area contributed by atoms with Crippen molar-refractivity contribution in [3.05, 3.63) is 35.7 Å². The van der Waals surface area contributed by atoms with Crippen LogP contribution in [0.15, 0.2) is 29.4 Å². The summed E-state index contributed by atoms with van der Waals surface area (Å²) in [7, 11) is 0. The van der Waals surface area contributed by atoms with E-state index in [4.69, 9.17) is 4.99 Å². The lowest BCUT2D eigenvalue weighted by atomic mass is 9.86. The standard InChI is InChI=1S/C21H31N3/c1-21(2,3)18-14-17(24-20(18)19-12-9-13-22-19)15-23-16-10-7-5-4-6-8-11-16/h9,12-16,22,24H,4-8,10-11H2,1-3H3. The number of hydrogen-bond donors (Lipinski definition) is 2. The maximum absolute atomic E-state index is 4.91. The molecule has 1 fully saturated rings. The van der Waals surface area contributed by atoms with Gasteiger partial charge in [0.15, 0.2) is 0 Å². The van der Waals surface area contributed by atoms with Gasteiger partial charge < -0.3 is 9.97 Å². The highest BCUT2D eigenvalue weighted by atomic mass is 14.8. The van der Waals surface area contributed by atoms with Crippen molar-refractivity contribution in [3.63, 3.8) is 0 Å². The highest BCUT2D eigenvalue weighted by molar-refractivity contribution is 5.81. The smallest absolute Gasteiger partial charge is 0.0662 e. The number of aromatic amines is 2. The Morgan fingerprint density at radius 2 is 1.79 bits per heavy atom. The quantitative estimate of drug-likeness (QED) is 0.666. The number of rotatable bonds is 3. The fraction of sp³-hybridized carbons (Fsp3) is 0.571. The average Bonchev–Trinajstić information content (AvgIpc) is 3.14. The van der Waals surface area contributed by atoms with Crippen LogP contribution in [-0.2, 0) is 5.41 Å². The molecule has 1 aliphatic carbocycles. The molecule has 0 saturated heterocycles. The normalized spacial score (nSPS) is 18.0. The highest BCUT2D eigenvalue weighted by Crippen LogP contribution is 2.32. The highest BCUT2D eigenvalue weighted by Gasteiger charge is 2.22. The summed E-state index contributed by atoms with van der Waals surface area (Å²) in [6.45, 7) is 6.79. The summed E-state index contributed by atoms with van der Waals surface area (Å²) >= 11 is 0. The largest absolute Gasteiger partial charge is 0.360 e. The number of hydrogen-bond acceptors (Lipinski definition) is 1. The second-order valence-electron chi connectivity index (χ2n) is 8.12. The van der Waals surface area contributed by atoms with Crippen molar-refractivity contribution in [2.75, 3.05) is 0 Å². The Kier molecular flexibility index (Phi) is 5.27. The molecule has 0 atom stereocenters. The summed E-state index contributed by atoms with van der Waals surface area (Å²) in [4.78, 5) is 11.8. The molecule has 3 rings (SSSR count). The lowest BCUT2D eigenvalue weighted by molar-refractivity contribution is 0.456. The van der Waals surface area contributed by atoms with Gasteiger partial charge in [-0.05, 0) is 42.0 Å². The molecule has 3 heteroatoms. The zero-order valence-electron chi connectivity index (χ0n) is 15.4. The Labute approximate surface area is 146 Å². The van der Waals surface area contributed by atoms with Crippen molar-refractivity contribution >= 4 is 6.21 Å². The van der Waals surface area contributed by atoms with Crippen LogP contribution in [-0.4, -0.2) is 22.2 Å². The number of aromatic nitrogens is 2. The lowest BCUT2D eigenvalue weighted by Gasteiger charge is -2.18. The summed E-state index contributed by atoms with van der Waals surface area (Å²) < 4.78 is 0. The van der Waals surface area contributed by atoms with E-state index in [1.54, 1.807) is 0 Å². The molecule has 24 heavy (non-hydrogen) atoms. The molecule has 3 nitrogen and oxygen atoms in total. The predicted octanol–water partition coefficient (Wildman–Crippen LogP) is 5.84. The van der Waals surface area contributed by atoms with Crippen LogP contribution >= 0.6 is 0 Å². The second-order valence-corrected chi connectivity index (χ2v) is 8.12.